The smallest absolute Gasteiger partial charge is 0.264 e. The van der Waals surface area contributed by atoms with Crippen LogP contribution in [0.1, 0.15) is 11.7 Å². The third-order valence-electron chi connectivity index (χ3n) is 2.13. The van der Waals surface area contributed by atoms with Crippen LogP contribution >= 0.6 is 11.6 Å². The first-order valence-corrected chi connectivity index (χ1v) is 7.03. The van der Waals surface area contributed by atoms with E-state index in [0.29, 0.717) is 5.82 Å². The second-order valence-corrected chi connectivity index (χ2v) is 5.63. The molecule has 19 heavy (non-hydrogen) atoms. The number of nitrogens with two attached hydrogens (primary N) is 1. The molecule has 0 fully saturated rings. The number of halogens is 1. The van der Waals surface area contributed by atoms with Gasteiger partial charge in [0.05, 0.1) is 0 Å². The normalized spacial score (nSPS) is 11.5. The summed E-state index contributed by atoms with van der Waals surface area (Å²) in [5.41, 5.74) is 0. The van der Waals surface area contributed by atoms with Crippen LogP contribution in [0, 0.1) is 6.92 Å². The fourth-order valence-corrected chi connectivity index (χ4v) is 2.30. The Morgan fingerprint density at radius 2 is 2.21 bits per heavy atom. The van der Waals surface area contributed by atoms with E-state index < -0.39 is 10.0 Å². The molecule has 0 atom stereocenters. The van der Waals surface area contributed by atoms with Crippen molar-refractivity contribution in [2.45, 2.75) is 18.4 Å². The zero-order valence-electron chi connectivity index (χ0n) is 9.83. The Hall–Kier alpha value is -1.64. The molecular formula is C10H10ClN3O4S. The third kappa shape index (κ3) is 3.43. The van der Waals surface area contributed by atoms with E-state index in [9.17, 15) is 8.42 Å². The van der Waals surface area contributed by atoms with Crippen LogP contribution in [-0.4, -0.2) is 18.6 Å². The minimum atomic E-state index is -3.93. The Kier molecular flexibility index (Phi) is 3.74. The molecule has 9 heteroatoms. The lowest BCUT2D eigenvalue weighted by Crippen LogP contribution is -2.14. The van der Waals surface area contributed by atoms with Crippen LogP contribution < -0.4 is 9.88 Å². The van der Waals surface area contributed by atoms with Crippen LogP contribution in [0.2, 0.25) is 5.02 Å². The zero-order chi connectivity index (χ0) is 14.0. The van der Waals surface area contributed by atoms with Gasteiger partial charge in [-0.1, -0.05) is 16.8 Å². The SMILES string of the molecule is Cc1noc(COc2ccc(Cl)cc2S(N)(=O)=O)n1. The zero-order valence-corrected chi connectivity index (χ0v) is 11.4. The lowest BCUT2D eigenvalue weighted by atomic mass is 10.3. The second kappa shape index (κ2) is 5.16. The van der Waals surface area contributed by atoms with Crippen molar-refractivity contribution >= 4 is 21.6 Å². The Morgan fingerprint density at radius 1 is 1.47 bits per heavy atom. The minimum Gasteiger partial charge on any atom is -0.482 e. The fourth-order valence-electron chi connectivity index (χ4n) is 1.36. The van der Waals surface area contributed by atoms with E-state index in [0.717, 1.165) is 0 Å². The fraction of sp³-hybridized carbons (Fsp3) is 0.200. The summed E-state index contributed by atoms with van der Waals surface area (Å²) < 4.78 is 33.0. The molecule has 1 aromatic carbocycles. The number of nitrogens with zero attached hydrogens (tertiary/aromatic N) is 2. The molecule has 102 valence electrons. The summed E-state index contributed by atoms with van der Waals surface area (Å²) in [7, 11) is -3.93. The lowest BCUT2D eigenvalue weighted by molar-refractivity contribution is 0.237. The van der Waals surface area contributed by atoms with E-state index in [1.165, 1.54) is 18.2 Å². The van der Waals surface area contributed by atoms with E-state index >= 15 is 0 Å². The molecule has 0 aliphatic heterocycles. The second-order valence-electron chi connectivity index (χ2n) is 3.66. The van der Waals surface area contributed by atoms with Gasteiger partial charge in [-0.2, -0.15) is 4.98 Å². The van der Waals surface area contributed by atoms with E-state index in [2.05, 4.69) is 10.1 Å². The monoisotopic (exact) mass is 303 g/mol. The molecular weight excluding hydrogens is 294 g/mol. The van der Waals surface area contributed by atoms with Gasteiger partial charge in [0.2, 0.25) is 10.0 Å². The molecule has 0 unspecified atom stereocenters. The summed E-state index contributed by atoms with van der Waals surface area (Å²) in [6.45, 7) is 1.59. The Balaban J connectivity index is 2.25. The van der Waals surface area contributed by atoms with Crippen molar-refractivity contribution in [3.8, 4) is 5.75 Å². The quantitative estimate of drug-likeness (QED) is 0.910. The van der Waals surface area contributed by atoms with Crippen LogP contribution in [0.25, 0.3) is 0 Å². The molecule has 7 nitrogen and oxygen atoms in total. The summed E-state index contributed by atoms with van der Waals surface area (Å²) in [5.74, 6) is 0.761. The summed E-state index contributed by atoms with van der Waals surface area (Å²) >= 11 is 5.73. The molecule has 2 N–H and O–H groups in total. The van der Waals surface area contributed by atoms with E-state index in [1.807, 2.05) is 0 Å². The summed E-state index contributed by atoms with van der Waals surface area (Å²) in [6.07, 6.45) is 0. The van der Waals surface area contributed by atoms with Crippen molar-refractivity contribution in [1.29, 1.82) is 0 Å². The summed E-state index contributed by atoms with van der Waals surface area (Å²) in [6, 6.07) is 4.11. The van der Waals surface area contributed by atoms with Crippen molar-refractivity contribution < 1.29 is 17.7 Å². The van der Waals surface area contributed by atoms with Gasteiger partial charge in [0.1, 0.15) is 10.6 Å². The van der Waals surface area contributed by atoms with Gasteiger partial charge in [-0.3, -0.25) is 0 Å². The maximum Gasteiger partial charge on any atom is 0.264 e. The Bertz CT molecular complexity index is 699. The molecule has 0 aliphatic carbocycles. The highest BCUT2D eigenvalue weighted by Gasteiger charge is 2.16. The molecule has 0 saturated heterocycles. The maximum absolute atomic E-state index is 11.4. The van der Waals surface area contributed by atoms with Crippen LogP contribution in [-0.2, 0) is 16.6 Å². The summed E-state index contributed by atoms with van der Waals surface area (Å²) in [5, 5.41) is 8.91. The predicted octanol–water partition coefficient (Wildman–Crippen LogP) is 1.26. The summed E-state index contributed by atoms with van der Waals surface area (Å²) in [4.78, 5) is 3.73. The number of benzene rings is 1. The highest BCUT2D eigenvalue weighted by Crippen LogP contribution is 2.26. The van der Waals surface area contributed by atoms with Crippen molar-refractivity contribution in [3.05, 3.63) is 34.9 Å². The number of aromatic nitrogens is 2. The lowest BCUT2D eigenvalue weighted by Gasteiger charge is -2.08. The molecule has 0 bridgehead atoms. The number of ether oxygens (including phenoxy) is 1. The standard InChI is InChI=1S/C10H10ClN3O4S/c1-6-13-10(18-14-6)5-17-8-3-2-7(11)4-9(8)19(12,15)16/h2-4H,5H2,1H3,(H2,12,15,16). The van der Waals surface area contributed by atoms with Crippen LogP contribution in [0.3, 0.4) is 0 Å². The van der Waals surface area contributed by atoms with Crippen LogP contribution in [0.15, 0.2) is 27.6 Å². The van der Waals surface area contributed by atoms with Crippen molar-refractivity contribution in [3.63, 3.8) is 0 Å². The number of hydrogen-bond donors (Lipinski definition) is 1. The Labute approximate surface area is 114 Å². The molecule has 0 amide bonds. The van der Waals surface area contributed by atoms with E-state index in [4.69, 9.17) is 26.0 Å². The molecule has 2 aromatic rings. The first kappa shape index (κ1) is 13.8. The van der Waals surface area contributed by atoms with Gasteiger partial charge < -0.3 is 9.26 Å². The number of hydrogen-bond acceptors (Lipinski definition) is 6. The first-order valence-electron chi connectivity index (χ1n) is 5.10. The average molecular weight is 304 g/mol. The minimum absolute atomic E-state index is 0.0645. The Morgan fingerprint density at radius 3 is 2.79 bits per heavy atom. The largest absolute Gasteiger partial charge is 0.482 e. The van der Waals surface area contributed by atoms with Crippen molar-refractivity contribution in [2.75, 3.05) is 0 Å². The highest BCUT2D eigenvalue weighted by molar-refractivity contribution is 7.89. The number of aryl methyl sites for hydroxylation is 1. The van der Waals surface area contributed by atoms with E-state index in [1.54, 1.807) is 6.92 Å². The molecule has 0 aliphatic rings. The van der Waals surface area contributed by atoms with Crippen LogP contribution in [0.4, 0.5) is 0 Å². The molecule has 1 aromatic heterocycles. The topological polar surface area (TPSA) is 108 Å². The van der Waals surface area contributed by atoms with Crippen LogP contribution in [0.5, 0.6) is 5.75 Å². The van der Waals surface area contributed by atoms with Gasteiger partial charge in [-0.15, -0.1) is 0 Å². The van der Waals surface area contributed by atoms with Gasteiger partial charge in [-0.05, 0) is 25.1 Å². The molecule has 0 radical (unpaired) electrons. The average Bonchev–Trinajstić information content (AvgIpc) is 2.72. The van der Waals surface area contributed by atoms with E-state index in [-0.39, 0.29) is 28.2 Å². The third-order valence-corrected chi connectivity index (χ3v) is 3.30. The maximum atomic E-state index is 11.4. The van der Waals surface area contributed by atoms with Gasteiger partial charge >= 0.3 is 0 Å². The molecule has 0 spiro atoms. The molecule has 2 rings (SSSR count). The van der Waals surface area contributed by atoms with Gasteiger partial charge in [-0.25, -0.2) is 13.6 Å². The molecule has 0 saturated carbocycles. The molecule has 1 heterocycles. The van der Waals surface area contributed by atoms with Gasteiger partial charge in [0.15, 0.2) is 12.4 Å². The van der Waals surface area contributed by atoms with Gasteiger partial charge in [0.25, 0.3) is 5.89 Å². The number of primary sulfonamides is 1. The van der Waals surface area contributed by atoms with Gasteiger partial charge in [0, 0.05) is 5.02 Å². The van der Waals surface area contributed by atoms with Crippen molar-refractivity contribution in [1.82, 2.24) is 10.1 Å². The first-order chi connectivity index (χ1) is 8.86. The highest BCUT2D eigenvalue weighted by atomic mass is 35.5. The predicted molar refractivity (Wildman–Crippen MR) is 66.2 cm³/mol. The van der Waals surface area contributed by atoms with Crippen molar-refractivity contribution in [2.24, 2.45) is 5.14 Å². The number of rotatable bonds is 4. The number of sulfonamides is 1.